The molecule has 0 saturated heterocycles. The molecule has 0 amide bonds. The number of nitrogens with two attached hydrogens (primary N) is 1. The number of hydrogen-bond acceptors (Lipinski definition) is 3. The lowest BCUT2D eigenvalue weighted by atomic mass is 9.96. The number of hydrogen-bond donors (Lipinski definition) is 1. The van der Waals surface area contributed by atoms with Gasteiger partial charge in [-0.25, -0.2) is 0 Å². The first-order valence-electron chi connectivity index (χ1n) is 5.94. The highest BCUT2D eigenvalue weighted by Gasteiger charge is 2.16. The molecular formula is C13H19NO2. The van der Waals surface area contributed by atoms with Gasteiger partial charge in [-0.2, -0.15) is 0 Å². The van der Waals surface area contributed by atoms with Gasteiger partial charge in [0.15, 0.2) is 0 Å². The molecule has 1 aromatic carbocycles. The average Bonchev–Trinajstić information content (AvgIpc) is 2.23. The van der Waals surface area contributed by atoms with Gasteiger partial charge in [0.1, 0.15) is 5.75 Å². The molecule has 1 aromatic rings. The van der Waals surface area contributed by atoms with Gasteiger partial charge < -0.3 is 15.2 Å². The summed E-state index contributed by atoms with van der Waals surface area (Å²) in [6.07, 6.45) is 5.27. The molecule has 2 N–H and O–H groups in total. The molecule has 88 valence electrons. The molecule has 1 aliphatic rings. The first-order valence-corrected chi connectivity index (χ1v) is 5.94. The van der Waals surface area contributed by atoms with E-state index in [-0.39, 0.29) is 0 Å². The van der Waals surface area contributed by atoms with Crippen molar-refractivity contribution in [2.75, 3.05) is 18.9 Å². The molecule has 3 heteroatoms. The molecule has 1 aliphatic carbocycles. The predicted octanol–water partition coefficient (Wildman–Crippen LogP) is 2.61. The molecular weight excluding hydrogens is 202 g/mol. The van der Waals surface area contributed by atoms with Gasteiger partial charge in [-0.15, -0.1) is 0 Å². The monoisotopic (exact) mass is 221 g/mol. The number of benzene rings is 1. The lowest BCUT2D eigenvalue weighted by Crippen LogP contribution is -2.22. The Hall–Kier alpha value is -1.22. The summed E-state index contributed by atoms with van der Waals surface area (Å²) in [7, 11) is 0. The summed E-state index contributed by atoms with van der Waals surface area (Å²) >= 11 is 0. The van der Waals surface area contributed by atoms with Crippen molar-refractivity contribution in [3.8, 4) is 5.75 Å². The fourth-order valence-electron chi connectivity index (χ4n) is 1.60. The second-order valence-electron chi connectivity index (χ2n) is 4.19. The van der Waals surface area contributed by atoms with E-state index < -0.39 is 0 Å². The smallest absolute Gasteiger partial charge is 0.119 e. The van der Waals surface area contributed by atoms with Gasteiger partial charge in [0.25, 0.3) is 0 Å². The molecule has 0 radical (unpaired) electrons. The molecule has 0 unspecified atom stereocenters. The molecule has 16 heavy (non-hydrogen) atoms. The van der Waals surface area contributed by atoms with E-state index in [0.29, 0.717) is 12.7 Å². The van der Waals surface area contributed by atoms with Crippen LogP contribution in [-0.4, -0.2) is 19.3 Å². The average molecular weight is 221 g/mol. The Morgan fingerprint density at radius 2 is 1.88 bits per heavy atom. The van der Waals surface area contributed by atoms with Crippen LogP contribution < -0.4 is 10.5 Å². The van der Waals surface area contributed by atoms with Crippen LogP contribution in [0, 0.1) is 0 Å². The maximum absolute atomic E-state index is 5.63. The van der Waals surface area contributed by atoms with Crippen LogP contribution in [-0.2, 0) is 4.74 Å². The van der Waals surface area contributed by atoms with E-state index in [1.165, 1.54) is 19.3 Å². The third-order valence-corrected chi connectivity index (χ3v) is 2.84. The Morgan fingerprint density at radius 1 is 1.12 bits per heavy atom. The summed E-state index contributed by atoms with van der Waals surface area (Å²) in [6.45, 7) is 1.51. The van der Waals surface area contributed by atoms with Gasteiger partial charge in [0, 0.05) is 12.1 Å². The van der Waals surface area contributed by atoms with Crippen molar-refractivity contribution in [1.29, 1.82) is 0 Å². The van der Waals surface area contributed by atoms with E-state index >= 15 is 0 Å². The minimum absolute atomic E-state index is 0.525. The van der Waals surface area contributed by atoms with E-state index in [1.807, 2.05) is 24.3 Å². The van der Waals surface area contributed by atoms with Gasteiger partial charge >= 0.3 is 0 Å². The van der Waals surface area contributed by atoms with Crippen LogP contribution in [0.1, 0.15) is 25.7 Å². The van der Waals surface area contributed by atoms with Crippen LogP contribution in [0.15, 0.2) is 24.3 Å². The molecule has 0 bridgehead atoms. The van der Waals surface area contributed by atoms with Crippen LogP contribution in [0.5, 0.6) is 5.75 Å². The maximum Gasteiger partial charge on any atom is 0.119 e. The quantitative estimate of drug-likeness (QED) is 0.593. The van der Waals surface area contributed by atoms with Crippen molar-refractivity contribution in [1.82, 2.24) is 0 Å². The zero-order valence-electron chi connectivity index (χ0n) is 9.52. The first-order chi connectivity index (χ1) is 7.84. The molecule has 1 saturated carbocycles. The lowest BCUT2D eigenvalue weighted by molar-refractivity contribution is -0.00223. The van der Waals surface area contributed by atoms with Crippen LogP contribution >= 0.6 is 0 Å². The molecule has 0 spiro atoms. The predicted molar refractivity (Wildman–Crippen MR) is 64.6 cm³/mol. The molecule has 2 rings (SSSR count). The third-order valence-electron chi connectivity index (χ3n) is 2.84. The Kier molecular flexibility index (Phi) is 4.05. The van der Waals surface area contributed by atoms with Crippen LogP contribution in [0.3, 0.4) is 0 Å². The SMILES string of the molecule is Nc1ccc(OCCCOC2CCC2)cc1. The van der Waals surface area contributed by atoms with E-state index in [4.69, 9.17) is 15.2 Å². The Bertz CT molecular complexity index is 306. The topological polar surface area (TPSA) is 44.5 Å². The van der Waals surface area contributed by atoms with Crippen molar-refractivity contribution in [2.24, 2.45) is 0 Å². The number of anilines is 1. The van der Waals surface area contributed by atoms with Gasteiger partial charge in [-0.05, 0) is 43.5 Å². The molecule has 0 aliphatic heterocycles. The van der Waals surface area contributed by atoms with Crippen molar-refractivity contribution >= 4 is 5.69 Å². The largest absolute Gasteiger partial charge is 0.494 e. The number of rotatable bonds is 6. The Morgan fingerprint density at radius 3 is 2.50 bits per heavy atom. The lowest BCUT2D eigenvalue weighted by Gasteiger charge is -2.25. The maximum atomic E-state index is 5.63. The Balaban J connectivity index is 1.55. The second-order valence-corrected chi connectivity index (χ2v) is 4.19. The zero-order valence-corrected chi connectivity index (χ0v) is 9.52. The van der Waals surface area contributed by atoms with Crippen LogP contribution in [0.4, 0.5) is 5.69 Å². The van der Waals surface area contributed by atoms with Crippen molar-refractivity contribution < 1.29 is 9.47 Å². The van der Waals surface area contributed by atoms with Gasteiger partial charge in [0.05, 0.1) is 19.3 Å². The molecule has 0 heterocycles. The van der Waals surface area contributed by atoms with Crippen molar-refractivity contribution in [2.45, 2.75) is 31.8 Å². The highest BCUT2D eigenvalue weighted by atomic mass is 16.5. The third kappa shape index (κ3) is 3.42. The standard InChI is InChI=1S/C13H19NO2/c14-11-5-7-13(8-6-11)16-10-2-9-15-12-3-1-4-12/h5-8,12H,1-4,9-10,14H2. The normalized spacial score (nSPS) is 15.8. The van der Waals surface area contributed by atoms with E-state index in [2.05, 4.69) is 0 Å². The van der Waals surface area contributed by atoms with Crippen molar-refractivity contribution in [3.05, 3.63) is 24.3 Å². The van der Waals surface area contributed by atoms with Gasteiger partial charge in [-0.3, -0.25) is 0 Å². The van der Waals surface area contributed by atoms with E-state index in [1.54, 1.807) is 0 Å². The van der Waals surface area contributed by atoms with Crippen molar-refractivity contribution in [3.63, 3.8) is 0 Å². The minimum Gasteiger partial charge on any atom is -0.494 e. The van der Waals surface area contributed by atoms with Crippen LogP contribution in [0.25, 0.3) is 0 Å². The number of nitrogen functional groups attached to an aromatic ring is 1. The van der Waals surface area contributed by atoms with E-state index in [0.717, 1.165) is 24.5 Å². The van der Waals surface area contributed by atoms with Gasteiger partial charge in [0.2, 0.25) is 0 Å². The summed E-state index contributed by atoms with van der Waals surface area (Å²) in [5.41, 5.74) is 6.35. The summed E-state index contributed by atoms with van der Waals surface area (Å²) in [4.78, 5) is 0. The molecule has 0 aromatic heterocycles. The molecule has 0 atom stereocenters. The summed E-state index contributed by atoms with van der Waals surface area (Å²) in [5, 5.41) is 0. The van der Waals surface area contributed by atoms with Gasteiger partial charge in [-0.1, -0.05) is 0 Å². The van der Waals surface area contributed by atoms with Crippen LogP contribution in [0.2, 0.25) is 0 Å². The minimum atomic E-state index is 0.525. The number of ether oxygens (including phenoxy) is 2. The summed E-state index contributed by atoms with van der Waals surface area (Å²) in [5.74, 6) is 0.873. The molecule has 1 fully saturated rings. The highest BCUT2D eigenvalue weighted by molar-refractivity contribution is 5.41. The highest BCUT2D eigenvalue weighted by Crippen LogP contribution is 2.21. The first kappa shape index (κ1) is 11.3. The molecule has 3 nitrogen and oxygen atoms in total. The summed E-state index contributed by atoms with van der Waals surface area (Å²) in [6, 6.07) is 7.48. The zero-order chi connectivity index (χ0) is 11.2. The Labute approximate surface area is 96.5 Å². The fourth-order valence-corrected chi connectivity index (χ4v) is 1.60. The summed E-state index contributed by atoms with van der Waals surface area (Å²) < 4.78 is 11.2. The fraction of sp³-hybridized carbons (Fsp3) is 0.538. The second kappa shape index (κ2) is 5.75. The van der Waals surface area contributed by atoms with E-state index in [9.17, 15) is 0 Å².